The average molecular weight is 152 g/mol. The second-order valence-electron chi connectivity index (χ2n) is 3.40. The Balaban J connectivity index is 2.93. The van der Waals surface area contributed by atoms with Crippen molar-refractivity contribution in [2.75, 3.05) is 0 Å². The number of cyclic esters (lactones) is 1. The Morgan fingerprint density at radius 2 is 2.18 bits per heavy atom. The highest BCUT2D eigenvalue weighted by molar-refractivity contribution is 5.82. The number of hydrogen-bond donors (Lipinski definition) is 0. The zero-order chi connectivity index (χ0) is 8.65. The lowest BCUT2D eigenvalue weighted by Crippen LogP contribution is -2.17. The van der Waals surface area contributed by atoms with E-state index in [4.69, 9.17) is 4.74 Å². The minimum absolute atomic E-state index is 0.199. The minimum atomic E-state index is -0.478. The van der Waals surface area contributed by atoms with Gasteiger partial charge in [0.1, 0.15) is 5.76 Å². The first-order valence-electron chi connectivity index (χ1n) is 3.54. The molecule has 0 unspecified atom stereocenters. The highest BCUT2D eigenvalue weighted by atomic mass is 16.5. The van der Waals surface area contributed by atoms with Gasteiger partial charge in [0, 0.05) is 0 Å². The van der Waals surface area contributed by atoms with Gasteiger partial charge in [-0.1, -0.05) is 6.58 Å². The summed E-state index contributed by atoms with van der Waals surface area (Å²) in [6, 6.07) is 0. The molecule has 60 valence electrons. The number of carbonyl (C=O) groups excluding carboxylic acids is 1. The van der Waals surface area contributed by atoms with Crippen molar-refractivity contribution in [1.29, 1.82) is 0 Å². The van der Waals surface area contributed by atoms with E-state index in [1.54, 1.807) is 6.08 Å². The van der Waals surface area contributed by atoms with Crippen molar-refractivity contribution in [3.8, 4) is 0 Å². The quantitative estimate of drug-likeness (QED) is 0.537. The van der Waals surface area contributed by atoms with Crippen molar-refractivity contribution in [2.45, 2.75) is 20.8 Å². The molecular weight excluding hydrogens is 140 g/mol. The van der Waals surface area contributed by atoms with E-state index >= 15 is 0 Å². The van der Waals surface area contributed by atoms with E-state index in [0.29, 0.717) is 5.76 Å². The summed E-state index contributed by atoms with van der Waals surface area (Å²) in [6.07, 6.45) is 1.80. The second kappa shape index (κ2) is 2.22. The normalized spacial score (nSPS) is 21.0. The molecule has 0 aromatic carbocycles. The fraction of sp³-hybridized carbons (Fsp3) is 0.444. The summed E-state index contributed by atoms with van der Waals surface area (Å²) < 4.78 is 4.96. The summed E-state index contributed by atoms with van der Waals surface area (Å²) in [5, 5.41) is 0. The molecule has 0 spiro atoms. The first kappa shape index (κ1) is 8.05. The van der Waals surface area contributed by atoms with Crippen LogP contribution in [0.5, 0.6) is 0 Å². The van der Waals surface area contributed by atoms with E-state index in [2.05, 4.69) is 6.58 Å². The molecule has 1 rings (SSSR count). The molecule has 0 radical (unpaired) electrons. The molecule has 0 aromatic rings. The van der Waals surface area contributed by atoms with E-state index in [9.17, 15) is 4.79 Å². The molecule has 0 saturated heterocycles. The molecule has 0 aliphatic carbocycles. The van der Waals surface area contributed by atoms with Crippen LogP contribution in [-0.2, 0) is 9.53 Å². The molecule has 0 bridgehead atoms. The molecule has 1 heterocycles. The number of allylic oxidation sites excluding steroid dienone is 1. The second-order valence-corrected chi connectivity index (χ2v) is 3.40. The molecule has 0 aromatic heterocycles. The Kier molecular flexibility index (Phi) is 1.63. The summed E-state index contributed by atoms with van der Waals surface area (Å²) >= 11 is 0. The van der Waals surface area contributed by atoms with E-state index in [1.807, 2.05) is 20.8 Å². The topological polar surface area (TPSA) is 26.3 Å². The number of carbonyl (C=O) groups is 1. The zero-order valence-electron chi connectivity index (χ0n) is 7.10. The molecule has 0 saturated carbocycles. The van der Waals surface area contributed by atoms with Gasteiger partial charge >= 0.3 is 5.97 Å². The monoisotopic (exact) mass is 152 g/mol. The van der Waals surface area contributed by atoms with Gasteiger partial charge in [0.2, 0.25) is 0 Å². The Morgan fingerprint density at radius 1 is 1.64 bits per heavy atom. The van der Waals surface area contributed by atoms with Crippen molar-refractivity contribution in [3.05, 3.63) is 24.0 Å². The standard InChI is InChI=1S/C9H12O2/c1-6(2)7-5-9(3,4)8(10)11-7/h5H,1H2,2-4H3. The zero-order valence-corrected chi connectivity index (χ0v) is 7.10. The number of rotatable bonds is 1. The molecule has 2 heteroatoms. The Labute approximate surface area is 66.5 Å². The van der Waals surface area contributed by atoms with Crippen LogP contribution in [0.15, 0.2) is 24.0 Å². The summed E-state index contributed by atoms with van der Waals surface area (Å²) in [5.74, 6) is 0.413. The van der Waals surface area contributed by atoms with Crippen molar-refractivity contribution in [2.24, 2.45) is 5.41 Å². The number of ether oxygens (including phenoxy) is 1. The first-order valence-corrected chi connectivity index (χ1v) is 3.54. The summed E-state index contributed by atoms with van der Waals surface area (Å²) in [4.78, 5) is 11.1. The van der Waals surface area contributed by atoms with E-state index in [-0.39, 0.29) is 5.97 Å². The van der Waals surface area contributed by atoms with Crippen molar-refractivity contribution in [3.63, 3.8) is 0 Å². The summed E-state index contributed by atoms with van der Waals surface area (Å²) in [5.41, 5.74) is 0.317. The van der Waals surface area contributed by atoms with Gasteiger partial charge in [-0.3, -0.25) is 4.79 Å². The Hall–Kier alpha value is -1.05. The number of esters is 1. The van der Waals surface area contributed by atoms with Crippen molar-refractivity contribution >= 4 is 5.97 Å². The first-order chi connectivity index (χ1) is 4.93. The molecule has 11 heavy (non-hydrogen) atoms. The largest absolute Gasteiger partial charge is 0.426 e. The fourth-order valence-corrected chi connectivity index (χ4v) is 0.858. The predicted molar refractivity (Wildman–Crippen MR) is 42.8 cm³/mol. The Bertz CT molecular complexity index is 246. The smallest absolute Gasteiger partial charge is 0.320 e. The van der Waals surface area contributed by atoms with Crippen LogP contribution >= 0.6 is 0 Å². The third kappa shape index (κ3) is 1.34. The molecule has 0 atom stereocenters. The molecule has 0 N–H and O–H groups in total. The van der Waals surface area contributed by atoms with Crippen LogP contribution in [0, 0.1) is 5.41 Å². The van der Waals surface area contributed by atoms with Crippen LogP contribution in [0.1, 0.15) is 20.8 Å². The van der Waals surface area contributed by atoms with Gasteiger partial charge in [0.05, 0.1) is 5.41 Å². The van der Waals surface area contributed by atoms with Gasteiger partial charge in [0.25, 0.3) is 0 Å². The lowest BCUT2D eigenvalue weighted by molar-refractivity contribution is -0.143. The van der Waals surface area contributed by atoms with E-state index in [1.165, 1.54) is 0 Å². The van der Waals surface area contributed by atoms with Crippen LogP contribution in [0.4, 0.5) is 0 Å². The van der Waals surface area contributed by atoms with Crippen LogP contribution < -0.4 is 0 Å². The van der Waals surface area contributed by atoms with Gasteiger partial charge in [0.15, 0.2) is 0 Å². The van der Waals surface area contributed by atoms with Gasteiger partial charge in [-0.15, -0.1) is 0 Å². The Morgan fingerprint density at radius 3 is 2.36 bits per heavy atom. The number of hydrogen-bond acceptors (Lipinski definition) is 2. The van der Waals surface area contributed by atoms with E-state index < -0.39 is 5.41 Å². The lowest BCUT2D eigenvalue weighted by atomic mass is 9.94. The predicted octanol–water partition coefficient (Wildman–Crippen LogP) is 2.03. The van der Waals surface area contributed by atoms with Gasteiger partial charge in [-0.2, -0.15) is 0 Å². The molecule has 1 aliphatic heterocycles. The summed E-state index contributed by atoms with van der Waals surface area (Å²) in [6.45, 7) is 9.16. The van der Waals surface area contributed by atoms with Gasteiger partial charge in [-0.25, -0.2) is 0 Å². The lowest BCUT2D eigenvalue weighted by Gasteiger charge is -2.07. The van der Waals surface area contributed by atoms with Gasteiger partial charge in [-0.05, 0) is 32.4 Å². The molecule has 1 aliphatic rings. The van der Waals surface area contributed by atoms with Crippen molar-refractivity contribution < 1.29 is 9.53 Å². The minimum Gasteiger partial charge on any atom is -0.426 e. The van der Waals surface area contributed by atoms with Crippen LogP contribution in [0.3, 0.4) is 0 Å². The fourth-order valence-electron chi connectivity index (χ4n) is 0.858. The summed E-state index contributed by atoms with van der Waals surface area (Å²) in [7, 11) is 0. The van der Waals surface area contributed by atoms with Crippen molar-refractivity contribution in [1.82, 2.24) is 0 Å². The highest BCUT2D eigenvalue weighted by Crippen LogP contribution is 2.31. The van der Waals surface area contributed by atoms with Crippen LogP contribution in [0.2, 0.25) is 0 Å². The van der Waals surface area contributed by atoms with E-state index in [0.717, 1.165) is 5.57 Å². The average Bonchev–Trinajstić information content (AvgIpc) is 2.08. The molecular formula is C9H12O2. The van der Waals surface area contributed by atoms with Crippen LogP contribution in [-0.4, -0.2) is 5.97 Å². The molecule has 0 amide bonds. The maximum absolute atomic E-state index is 11.1. The SMILES string of the molecule is C=C(C)C1=CC(C)(C)C(=O)O1. The molecule has 0 fully saturated rings. The third-order valence-corrected chi connectivity index (χ3v) is 1.64. The highest BCUT2D eigenvalue weighted by Gasteiger charge is 2.34. The van der Waals surface area contributed by atoms with Gasteiger partial charge < -0.3 is 4.74 Å². The third-order valence-electron chi connectivity index (χ3n) is 1.64. The van der Waals surface area contributed by atoms with Crippen LogP contribution in [0.25, 0.3) is 0 Å². The molecule has 2 nitrogen and oxygen atoms in total. The maximum Gasteiger partial charge on any atom is 0.320 e. The maximum atomic E-state index is 11.1.